The van der Waals surface area contributed by atoms with Crippen molar-refractivity contribution in [3.8, 4) is 5.75 Å². The molecular formula is C8H8N2O4. The van der Waals surface area contributed by atoms with Crippen LogP contribution in [0.3, 0.4) is 0 Å². The van der Waals surface area contributed by atoms with Crippen LogP contribution in [0.4, 0.5) is 0 Å². The average molecular weight is 196 g/mol. The van der Waals surface area contributed by atoms with Gasteiger partial charge in [0.05, 0.1) is 0 Å². The Hall–Kier alpha value is -2.08. The Morgan fingerprint density at radius 3 is 2.50 bits per heavy atom. The summed E-state index contributed by atoms with van der Waals surface area (Å²) in [7, 11) is 0. The van der Waals surface area contributed by atoms with Crippen LogP contribution in [0, 0.1) is 0 Å². The largest absolute Gasteiger partial charge is 0.380 e. The minimum atomic E-state index is -0.611. The molecule has 0 aliphatic rings. The Morgan fingerprint density at radius 1 is 1.36 bits per heavy atom. The molecule has 2 amide bonds. The van der Waals surface area contributed by atoms with Gasteiger partial charge in [0.2, 0.25) is 6.41 Å². The quantitative estimate of drug-likeness (QED) is 0.355. The zero-order valence-electron chi connectivity index (χ0n) is 7.06. The molecule has 0 bridgehead atoms. The molecule has 3 N–H and O–H groups in total. The van der Waals surface area contributed by atoms with E-state index >= 15 is 0 Å². The van der Waals surface area contributed by atoms with Crippen LogP contribution in [-0.2, 0) is 4.79 Å². The van der Waals surface area contributed by atoms with Crippen molar-refractivity contribution < 1.29 is 19.6 Å². The highest BCUT2D eigenvalue weighted by atomic mass is 16.6. The van der Waals surface area contributed by atoms with Gasteiger partial charge < -0.3 is 4.84 Å². The second kappa shape index (κ2) is 4.83. The van der Waals surface area contributed by atoms with E-state index in [1.165, 1.54) is 29.7 Å². The summed E-state index contributed by atoms with van der Waals surface area (Å²) in [4.78, 5) is 25.4. The van der Waals surface area contributed by atoms with E-state index < -0.39 is 5.91 Å². The number of rotatable bonds is 4. The van der Waals surface area contributed by atoms with Gasteiger partial charge in [-0.3, -0.25) is 14.8 Å². The molecule has 0 aliphatic heterocycles. The highest BCUT2D eigenvalue weighted by Crippen LogP contribution is 2.10. The van der Waals surface area contributed by atoms with Gasteiger partial charge in [-0.2, -0.15) is 5.48 Å². The van der Waals surface area contributed by atoms with Crippen molar-refractivity contribution in [3.63, 3.8) is 0 Å². The summed E-state index contributed by atoms with van der Waals surface area (Å²) in [6, 6.07) is 5.82. The third kappa shape index (κ3) is 2.46. The summed E-state index contributed by atoms with van der Waals surface area (Å²) in [5, 5.41) is 8.31. The molecule has 0 heterocycles. The fourth-order valence-electron chi connectivity index (χ4n) is 0.831. The van der Waals surface area contributed by atoms with Gasteiger partial charge in [-0.05, 0) is 24.3 Å². The monoisotopic (exact) mass is 196 g/mol. The van der Waals surface area contributed by atoms with Crippen LogP contribution in [0.25, 0.3) is 0 Å². The molecule has 0 spiro atoms. The van der Waals surface area contributed by atoms with Crippen LogP contribution < -0.4 is 15.8 Å². The van der Waals surface area contributed by atoms with Gasteiger partial charge in [-0.1, -0.05) is 0 Å². The van der Waals surface area contributed by atoms with Gasteiger partial charge in [-0.25, -0.2) is 5.48 Å². The summed E-state index contributed by atoms with van der Waals surface area (Å²) in [6.07, 6.45) is 0.383. The molecule has 1 aromatic rings. The fraction of sp³-hybridized carbons (Fsp3) is 0. The van der Waals surface area contributed by atoms with Crippen molar-refractivity contribution >= 4 is 12.3 Å². The number of hydroxylamine groups is 2. The second-order valence-electron chi connectivity index (χ2n) is 2.30. The van der Waals surface area contributed by atoms with E-state index in [2.05, 4.69) is 0 Å². The van der Waals surface area contributed by atoms with Crippen molar-refractivity contribution in [2.45, 2.75) is 0 Å². The maximum absolute atomic E-state index is 10.9. The number of carbonyl (C=O) groups excluding carboxylic acids is 2. The number of hydrogen-bond acceptors (Lipinski definition) is 4. The van der Waals surface area contributed by atoms with Crippen molar-refractivity contribution in [2.24, 2.45) is 0 Å². The maximum atomic E-state index is 10.9. The first-order valence-electron chi connectivity index (χ1n) is 3.68. The molecule has 74 valence electrons. The van der Waals surface area contributed by atoms with Crippen LogP contribution in [0.1, 0.15) is 10.4 Å². The molecule has 0 radical (unpaired) electrons. The number of amides is 2. The van der Waals surface area contributed by atoms with E-state index in [1.807, 2.05) is 5.48 Å². The first-order valence-corrected chi connectivity index (χ1v) is 3.68. The minimum absolute atomic E-state index is 0.283. The third-order valence-electron chi connectivity index (χ3n) is 1.44. The average Bonchev–Trinajstić information content (AvgIpc) is 2.26. The van der Waals surface area contributed by atoms with Gasteiger partial charge in [0, 0.05) is 5.56 Å². The highest BCUT2D eigenvalue weighted by molar-refractivity contribution is 5.93. The Morgan fingerprint density at radius 2 is 2.00 bits per heavy atom. The van der Waals surface area contributed by atoms with Crippen LogP contribution in [0.15, 0.2) is 24.3 Å². The predicted molar refractivity (Wildman–Crippen MR) is 45.5 cm³/mol. The lowest BCUT2D eigenvalue weighted by atomic mass is 10.2. The van der Waals surface area contributed by atoms with Crippen molar-refractivity contribution in [2.75, 3.05) is 0 Å². The SMILES string of the molecule is O=CNOc1ccc(C(=O)NO)cc1. The van der Waals surface area contributed by atoms with Gasteiger partial charge in [0.1, 0.15) is 0 Å². The number of hydrogen-bond donors (Lipinski definition) is 3. The molecular weight excluding hydrogens is 188 g/mol. The molecule has 6 nitrogen and oxygen atoms in total. The van der Waals surface area contributed by atoms with Crippen LogP contribution in [-0.4, -0.2) is 17.5 Å². The zero-order chi connectivity index (χ0) is 10.4. The molecule has 0 atom stereocenters. The first-order chi connectivity index (χ1) is 6.77. The van der Waals surface area contributed by atoms with Crippen molar-refractivity contribution in [1.29, 1.82) is 0 Å². The molecule has 6 heteroatoms. The van der Waals surface area contributed by atoms with Crippen molar-refractivity contribution in [1.82, 2.24) is 11.0 Å². The Balaban J connectivity index is 2.68. The number of nitrogens with one attached hydrogen (secondary N) is 2. The molecule has 0 aliphatic carbocycles. The number of carbonyl (C=O) groups is 2. The van der Waals surface area contributed by atoms with E-state index in [-0.39, 0.29) is 5.56 Å². The highest BCUT2D eigenvalue weighted by Gasteiger charge is 2.03. The minimum Gasteiger partial charge on any atom is -0.380 e. The lowest BCUT2D eigenvalue weighted by Crippen LogP contribution is -2.19. The third-order valence-corrected chi connectivity index (χ3v) is 1.44. The van der Waals surface area contributed by atoms with Gasteiger partial charge in [0.25, 0.3) is 5.91 Å². The second-order valence-corrected chi connectivity index (χ2v) is 2.30. The summed E-state index contributed by atoms with van der Waals surface area (Å²) in [5.74, 6) is -0.230. The van der Waals surface area contributed by atoms with E-state index in [9.17, 15) is 9.59 Å². The molecule has 14 heavy (non-hydrogen) atoms. The van der Waals surface area contributed by atoms with Crippen LogP contribution in [0.5, 0.6) is 5.75 Å². The summed E-state index contributed by atoms with van der Waals surface area (Å²) in [5.41, 5.74) is 3.77. The Bertz CT molecular complexity index is 323. The van der Waals surface area contributed by atoms with E-state index in [4.69, 9.17) is 10.0 Å². The Kier molecular flexibility index (Phi) is 3.45. The molecule has 0 fully saturated rings. The van der Waals surface area contributed by atoms with Gasteiger partial charge in [-0.15, -0.1) is 0 Å². The number of benzene rings is 1. The summed E-state index contributed by atoms with van der Waals surface area (Å²) < 4.78 is 0. The molecule has 1 rings (SSSR count). The molecule has 0 saturated carbocycles. The molecule has 0 saturated heterocycles. The topological polar surface area (TPSA) is 87.7 Å². The smallest absolute Gasteiger partial charge is 0.274 e. The first kappa shape index (κ1) is 10.0. The molecule has 0 unspecified atom stereocenters. The van der Waals surface area contributed by atoms with Crippen LogP contribution in [0.2, 0.25) is 0 Å². The van der Waals surface area contributed by atoms with Crippen molar-refractivity contribution in [3.05, 3.63) is 29.8 Å². The van der Waals surface area contributed by atoms with Crippen LogP contribution >= 0.6 is 0 Å². The van der Waals surface area contributed by atoms with Gasteiger partial charge >= 0.3 is 0 Å². The standard InChI is InChI=1S/C8H8N2O4/c11-5-9-14-7-3-1-6(2-4-7)8(12)10-13/h1-5,13H,(H,9,11)(H,10,12). The van der Waals surface area contributed by atoms with E-state index in [0.29, 0.717) is 12.2 Å². The van der Waals surface area contributed by atoms with Gasteiger partial charge in [0.15, 0.2) is 5.75 Å². The zero-order valence-corrected chi connectivity index (χ0v) is 7.06. The molecule has 1 aromatic carbocycles. The summed E-state index contributed by atoms with van der Waals surface area (Å²) >= 11 is 0. The predicted octanol–water partition coefficient (Wildman–Crippen LogP) is -0.155. The van der Waals surface area contributed by atoms with E-state index in [1.54, 1.807) is 0 Å². The Labute approximate surface area is 79.4 Å². The van der Waals surface area contributed by atoms with E-state index in [0.717, 1.165) is 0 Å². The summed E-state index contributed by atoms with van der Waals surface area (Å²) in [6.45, 7) is 0. The lowest BCUT2D eigenvalue weighted by Gasteiger charge is -2.02. The lowest BCUT2D eigenvalue weighted by molar-refractivity contribution is -0.115. The molecule has 0 aromatic heterocycles. The maximum Gasteiger partial charge on any atom is 0.274 e. The fourth-order valence-corrected chi connectivity index (χ4v) is 0.831. The normalized spacial score (nSPS) is 8.93.